The Labute approximate surface area is 161 Å². The summed E-state index contributed by atoms with van der Waals surface area (Å²) in [4.78, 5) is 12.4. The van der Waals surface area contributed by atoms with Gasteiger partial charge in [-0.25, -0.2) is 4.39 Å². The quantitative estimate of drug-likeness (QED) is 0.721. The number of methoxy groups -OCH3 is 1. The fourth-order valence-electron chi connectivity index (χ4n) is 3.07. The molecular weight excluding hydrogens is 361 g/mol. The molecule has 28 heavy (non-hydrogen) atoms. The Bertz CT molecular complexity index is 1020. The van der Waals surface area contributed by atoms with E-state index in [9.17, 15) is 9.18 Å². The van der Waals surface area contributed by atoms with E-state index in [1.165, 1.54) is 13.2 Å². The molecule has 1 N–H and O–H groups in total. The Hall–Kier alpha value is -3.54. The van der Waals surface area contributed by atoms with Gasteiger partial charge in [-0.05, 0) is 30.3 Å². The van der Waals surface area contributed by atoms with Gasteiger partial charge in [0.2, 0.25) is 6.23 Å². The molecule has 0 saturated carbocycles. The lowest BCUT2D eigenvalue weighted by molar-refractivity contribution is 0.0748. The largest absolute Gasteiger partial charge is 0.493 e. The first kappa shape index (κ1) is 17.9. The van der Waals surface area contributed by atoms with Gasteiger partial charge in [0.05, 0.1) is 18.2 Å². The van der Waals surface area contributed by atoms with E-state index < -0.39 is 6.23 Å². The molecule has 0 unspecified atom stereocenters. The van der Waals surface area contributed by atoms with Crippen LogP contribution in [0.15, 0.2) is 66.7 Å². The summed E-state index contributed by atoms with van der Waals surface area (Å²) in [7, 11) is 1.52. The number of amides is 1. The molecule has 0 fully saturated rings. The van der Waals surface area contributed by atoms with E-state index in [1.54, 1.807) is 60.7 Å². The molecule has 1 aliphatic heterocycles. The highest BCUT2D eigenvalue weighted by Crippen LogP contribution is 2.38. The van der Waals surface area contributed by atoms with Gasteiger partial charge in [-0.15, -0.1) is 0 Å². The number of carbonyl (C=O) groups excluding carboxylic acids is 1. The zero-order valence-corrected chi connectivity index (χ0v) is 15.1. The maximum Gasteiger partial charge on any atom is 0.258 e. The summed E-state index contributed by atoms with van der Waals surface area (Å²) in [5.41, 5.74) is 1.47. The number of rotatable bonds is 5. The van der Waals surface area contributed by atoms with Crippen LogP contribution < -0.4 is 19.5 Å². The number of para-hydroxylation sites is 2. The van der Waals surface area contributed by atoms with E-state index in [4.69, 9.17) is 14.2 Å². The normalized spacial score (nSPS) is 15.2. The molecule has 0 spiro atoms. The molecule has 5 nitrogen and oxygen atoms in total. The topological polar surface area (TPSA) is 56.8 Å². The highest BCUT2D eigenvalue weighted by molar-refractivity contribution is 5.98. The smallest absolute Gasteiger partial charge is 0.258 e. The van der Waals surface area contributed by atoms with Crippen molar-refractivity contribution in [1.29, 1.82) is 0 Å². The van der Waals surface area contributed by atoms with E-state index >= 15 is 0 Å². The van der Waals surface area contributed by atoms with Crippen LogP contribution >= 0.6 is 0 Å². The summed E-state index contributed by atoms with van der Waals surface area (Å²) in [5.74, 6) is 0.743. The van der Waals surface area contributed by atoms with E-state index in [2.05, 4.69) is 5.32 Å². The van der Waals surface area contributed by atoms with Crippen molar-refractivity contribution in [2.75, 3.05) is 7.11 Å². The highest BCUT2D eigenvalue weighted by Gasteiger charge is 2.29. The summed E-state index contributed by atoms with van der Waals surface area (Å²) in [6, 6.07) is 18.7. The Kier molecular flexibility index (Phi) is 4.85. The molecule has 3 aromatic rings. The van der Waals surface area contributed by atoms with Crippen molar-refractivity contribution in [3.8, 4) is 17.2 Å². The lowest BCUT2D eigenvalue weighted by Gasteiger charge is -2.28. The summed E-state index contributed by atoms with van der Waals surface area (Å²) in [6.45, 7) is 0.0112. The van der Waals surface area contributed by atoms with Crippen LogP contribution in [-0.4, -0.2) is 13.0 Å². The zero-order chi connectivity index (χ0) is 19.5. The molecule has 0 bridgehead atoms. The maximum atomic E-state index is 14.0. The molecule has 1 amide bonds. The number of ether oxygens (including phenoxy) is 3. The molecule has 0 radical (unpaired) electrons. The van der Waals surface area contributed by atoms with Gasteiger partial charge in [0, 0.05) is 5.56 Å². The lowest BCUT2D eigenvalue weighted by atomic mass is 10.1. The third kappa shape index (κ3) is 3.36. The second-order valence-electron chi connectivity index (χ2n) is 6.23. The van der Waals surface area contributed by atoms with Gasteiger partial charge in [0.25, 0.3) is 5.91 Å². The standard InChI is InChI=1S/C22H18FNO4/c1-26-19-12-6-9-16(20(19)27-13-14-7-2-4-10-17(14)23)22-24-21(25)15-8-3-5-11-18(15)28-22/h2-12,22H,13H2,1H3,(H,24,25)/t22-/m1/s1. The van der Waals surface area contributed by atoms with Crippen molar-refractivity contribution in [3.63, 3.8) is 0 Å². The van der Waals surface area contributed by atoms with Gasteiger partial charge >= 0.3 is 0 Å². The Morgan fingerprint density at radius 1 is 1.04 bits per heavy atom. The van der Waals surface area contributed by atoms with Gasteiger partial charge in [0.15, 0.2) is 11.5 Å². The SMILES string of the molecule is COc1cccc([C@@H]2NC(=O)c3ccccc3O2)c1OCc1ccccc1F. The predicted molar refractivity (Wildman–Crippen MR) is 101 cm³/mol. The van der Waals surface area contributed by atoms with Crippen LogP contribution in [0.5, 0.6) is 17.2 Å². The molecule has 3 aromatic carbocycles. The molecule has 0 aromatic heterocycles. The number of carbonyl (C=O) groups is 1. The molecule has 0 saturated heterocycles. The van der Waals surface area contributed by atoms with Crippen LogP contribution in [0.3, 0.4) is 0 Å². The average Bonchev–Trinajstić information content (AvgIpc) is 2.73. The van der Waals surface area contributed by atoms with E-state index in [0.29, 0.717) is 33.9 Å². The fourth-order valence-corrected chi connectivity index (χ4v) is 3.07. The molecular formula is C22H18FNO4. The molecule has 6 heteroatoms. The summed E-state index contributed by atoms with van der Waals surface area (Å²) >= 11 is 0. The fraction of sp³-hybridized carbons (Fsp3) is 0.136. The zero-order valence-electron chi connectivity index (χ0n) is 15.1. The van der Waals surface area contributed by atoms with Crippen molar-refractivity contribution in [3.05, 3.63) is 89.2 Å². The Balaban J connectivity index is 1.66. The van der Waals surface area contributed by atoms with Crippen molar-refractivity contribution < 1.29 is 23.4 Å². The van der Waals surface area contributed by atoms with Gasteiger partial charge in [0.1, 0.15) is 18.2 Å². The summed E-state index contributed by atoms with van der Waals surface area (Å²) in [6.07, 6.45) is -0.756. The van der Waals surface area contributed by atoms with Crippen LogP contribution in [-0.2, 0) is 6.61 Å². The van der Waals surface area contributed by atoms with Crippen molar-refractivity contribution in [2.45, 2.75) is 12.8 Å². The Morgan fingerprint density at radius 3 is 2.64 bits per heavy atom. The van der Waals surface area contributed by atoms with Crippen molar-refractivity contribution >= 4 is 5.91 Å². The minimum atomic E-state index is -0.756. The first-order chi connectivity index (χ1) is 13.7. The second kappa shape index (κ2) is 7.60. The lowest BCUT2D eigenvalue weighted by Crippen LogP contribution is -2.37. The van der Waals surface area contributed by atoms with Gasteiger partial charge in [-0.3, -0.25) is 4.79 Å². The third-order valence-corrected chi connectivity index (χ3v) is 4.48. The minimum Gasteiger partial charge on any atom is -0.493 e. The number of nitrogens with one attached hydrogen (secondary N) is 1. The number of fused-ring (bicyclic) bond motifs is 1. The van der Waals surface area contributed by atoms with Crippen molar-refractivity contribution in [2.24, 2.45) is 0 Å². The number of hydrogen-bond acceptors (Lipinski definition) is 4. The first-order valence-electron chi connectivity index (χ1n) is 8.77. The number of benzene rings is 3. The third-order valence-electron chi connectivity index (χ3n) is 4.48. The van der Waals surface area contributed by atoms with Gasteiger partial charge < -0.3 is 19.5 Å². The summed E-state index contributed by atoms with van der Waals surface area (Å²) in [5, 5.41) is 2.82. The Morgan fingerprint density at radius 2 is 1.82 bits per heavy atom. The molecule has 0 aliphatic carbocycles. The number of hydrogen-bond donors (Lipinski definition) is 1. The van der Waals surface area contributed by atoms with Crippen LogP contribution in [0.1, 0.15) is 27.7 Å². The molecule has 142 valence electrons. The molecule has 1 aliphatic rings. The molecule has 4 rings (SSSR count). The monoisotopic (exact) mass is 379 g/mol. The first-order valence-corrected chi connectivity index (χ1v) is 8.77. The van der Waals surface area contributed by atoms with E-state index in [-0.39, 0.29) is 18.3 Å². The average molecular weight is 379 g/mol. The maximum absolute atomic E-state index is 14.0. The van der Waals surface area contributed by atoms with Crippen molar-refractivity contribution in [1.82, 2.24) is 5.32 Å². The van der Waals surface area contributed by atoms with E-state index in [0.717, 1.165) is 0 Å². The number of halogens is 1. The van der Waals surface area contributed by atoms with Crippen LogP contribution in [0.2, 0.25) is 0 Å². The molecule has 1 heterocycles. The van der Waals surface area contributed by atoms with Gasteiger partial charge in [-0.1, -0.05) is 36.4 Å². The predicted octanol–water partition coefficient (Wildman–Crippen LogP) is 4.23. The van der Waals surface area contributed by atoms with Crippen LogP contribution in [0.4, 0.5) is 4.39 Å². The van der Waals surface area contributed by atoms with Gasteiger partial charge in [-0.2, -0.15) is 0 Å². The van der Waals surface area contributed by atoms with Crippen LogP contribution in [0, 0.1) is 5.82 Å². The molecule has 1 atom stereocenters. The highest BCUT2D eigenvalue weighted by atomic mass is 19.1. The van der Waals surface area contributed by atoms with Crippen LogP contribution in [0.25, 0.3) is 0 Å². The minimum absolute atomic E-state index is 0.0112. The summed E-state index contributed by atoms with van der Waals surface area (Å²) < 4.78 is 31.2. The van der Waals surface area contributed by atoms with E-state index in [1.807, 2.05) is 0 Å². The second-order valence-corrected chi connectivity index (χ2v) is 6.23.